The highest BCUT2D eigenvalue weighted by molar-refractivity contribution is 6.36. The second-order valence-electron chi connectivity index (χ2n) is 14.2. The predicted molar refractivity (Wildman–Crippen MR) is 206 cm³/mol. The summed E-state index contributed by atoms with van der Waals surface area (Å²) in [6, 6.07) is 14.2. The lowest BCUT2D eigenvalue weighted by molar-refractivity contribution is -0.141. The number of H-pyrrole nitrogens is 1. The van der Waals surface area contributed by atoms with Crippen molar-refractivity contribution in [3.05, 3.63) is 117 Å². The Morgan fingerprint density at radius 3 is 2.57 bits per heavy atom. The number of rotatable bonds is 8. The van der Waals surface area contributed by atoms with Crippen LogP contribution in [0.5, 0.6) is 0 Å². The second-order valence-corrected chi connectivity index (χ2v) is 14.6. The zero-order valence-electron chi connectivity index (χ0n) is 30.3. The lowest BCUT2D eigenvalue weighted by atomic mass is 9.87. The van der Waals surface area contributed by atoms with E-state index in [1.54, 1.807) is 12.5 Å². The Balaban J connectivity index is 1.14. The average molecular weight is 744 g/mol. The second kappa shape index (κ2) is 13.2. The van der Waals surface area contributed by atoms with E-state index in [-0.39, 0.29) is 30.5 Å². The van der Waals surface area contributed by atoms with E-state index < -0.39 is 5.69 Å². The number of carbonyl (C=O) groups excluding carboxylic acids is 1. The summed E-state index contributed by atoms with van der Waals surface area (Å²) in [5, 5.41) is 5.93. The van der Waals surface area contributed by atoms with Crippen LogP contribution in [0.3, 0.4) is 0 Å². The number of methoxy groups -OCH3 is 1. The Labute approximate surface area is 315 Å². The van der Waals surface area contributed by atoms with Crippen LogP contribution in [0.4, 0.5) is 11.5 Å². The summed E-state index contributed by atoms with van der Waals surface area (Å²) in [6.07, 6.45) is 12.0. The summed E-state index contributed by atoms with van der Waals surface area (Å²) in [4.78, 5) is 47.6. The van der Waals surface area contributed by atoms with E-state index in [0.717, 1.165) is 86.3 Å². The molecular formula is C40H38ClN9O4. The summed E-state index contributed by atoms with van der Waals surface area (Å²) >= 11 is 6.97. The van der Waals surface area contributed by atoms with Crippen molar-refractivity contribution in [1.29, 1.82) is 0 Å². The van der Waals surface area contributed by atoms with Crippen molar-refractivity contribution in [2.45, 2.75) is 64.6 Å². The van der Waals surface area contributed by atoms with Gasteiger partial charge in [0.25, 0.3) is 0 Å². The van der Waals surface area contributed by atoms with Gasteiger partial charge in [-0.1, -0.05) is 35.9 Å². The maximum absolute atomic E-state index is 12.7. The zero-order valence-corrected chi connectivity index (χ0v) is 31.0. The van der Waals surface area contributed by atoms with Gasteiger partial charge in [0.05, 0.1) is 59.8 Å². The van der Waals surface area contributed by atoms with Crippen molar-refractivity contribution in [3.63, 3.8) is 0 Å². The molecule has 0 bridgehead atoms. The Bertz CT molecular complexity index is 2630. The molecule has 3 aromatic carbocycles. The van der Waals surface area contributed by atoms with Crippen LogP contribution in [-0.2, 0) is 9.53 Å². The molecule has 9 rings (SSSR count). The zero-order chi connectivity index (χ0) is 37.2. The van der Waals surface area contributed by atoms with Crippen molar-refractivity contribution in [2.75, 3.05) is 23.5 Å². The number of pyridine rings is 1. The van der Waals surface area contributed by atoms with Crippen LogP contribution >= 0.6 is 11.6 Å². The van der Waals surface area contributed by atoms with Crippen molar-refractivity contribution < 1.29 is 14.1 Å². The van der Waals surface area contributed by atoms with Crippen LogP contribution in [0.1, 0.15) is 66.0 Å². The quantitative estimate of drug-likeness (QED) is 0.159. The number of esters is 1. The highest BCUT2D eigenvalue weighted by Crippen LogP contribution is 2.47. The number of aromatic nitrogens is 7. The number of ether oxygens (including phenoxy) is 1. The molecule has 13 nitrogen and oxygen atoms in total. The minimum Gasteiger partial charge on any atom is -0.469 e. The Morgan fingerprint density at radius 1 is 0.981 bits per heavy atom. The predicted octanol–water partition coefficient (Wildman–Crippen LogP) is 7.24. The molecule has 274 valence electrons. The van der Waals surface area contributed by atoms with Crippen molar-refractivity contribution in [3.8, 4) is 11.4 Å². The molecule has 0 aliphatic carbocycles. The van der Waals surface area contributed by atoms with Crippen LogP contribution in [0, 0.1) is 20.8 Å². The summed E-state index contributed by atoms with van der Waals surface area (Å²) < 4.78 is 14.6. The van der Waals surface area contributed by atoms with Gasteiger partial charge in [-0.05, 0) is 68.9 Å². The molecule has 2 aliphatic rings. The lowest BCUT2D eigenvalue weighted by Gasteiger charge is -2.49. The topological polar surface area (TPSA) is 140 Å². The number of hydrogen-bond donors (Lipinski definition) is 1. The van der Waals surface area contributed by atoms with Crippen molar-refractivity contribution in [1.82, 2.24) is 34.2 Å². The van der Waals surface area contributed by atoms with E-state index in [0.29, 0.717) is 17.3 Å². The summed E-state index contributed by atoms with van der Waals surface area (Å²) in [5.41, 5.74) is 7.26. The van der Waals surface area contributed by atoms with Gasteiger partial charge in [-0.15, -0.1) is 0 Å². The third kappa shape index (κ3) is 5.61. The molecule has 2 fully saturated rings. The van der Waals surface area contributed by atoms with Gasteiger partial charge in [-0.25, -0.2) is 19.7 Å². The maximum Gasteiger partial charge on any atom is 0.377 e. The van der Waals surface area contributed by atoms with Crippen LogP contribution in [0.2, 0.25) is 5.02 Å². The fourth-order valence-corrected chi connectivity index (χ4v) is 8.35. The number of halogens is 1. The fraction of sp³-hybridized carbons (Fsp3) is 0.300. The monoisotopic (exact) mass is 743 g/mol. The van der Waals surface area contributed by atoms with E-state index in [4.69, 9.17) is 30.8 Å². The summed E-state index contributed by atoms with van der Waals surface area (Å²) in [5.74, 6) is 0.863. The van der Waals surface area contributed by atoms with Crippen LogP contribution < -0.4 is 15.5 Å². The molecule has 0 spiro atoms. The molecule has 4 aromatic heterocycles. The molecule has 7 aromatic rings. The van der Waals surface area contributed by atoms with E-state index in [2.05, 4.69) is 85.9 Å². The number of benzene rings is 3. The molecule has 0 saturated carbocycles. The van der Waals surface area contributed by atoms with Gasteiger partial charge in [0, 0.05) is 59.1 Å². The van der Waals surface area contributed by atoms with Crippen molar-refractivity contribution in [2.24, 2.45) is 0 Å². The summed E-state index contributed by atoms with van der Waals surface area (Å²) in [7, 11) is 1.42. The van der Waals surface area contributed by atoms with Gasteiger partial charge in [-0.2, -0.15) is 10.1 Å². The molecular weight excluding hydrogens is 706 g/mol. The molecule has 3 atom stereocenters. The van der Waals surface area contributed by atoms with Crippen LogP contribution in [-0.4, -0.2) is 59.9 Å². The number of hydrogen-bond acceptors (Lipinski definition) is 10. The van der Waals surface area contributed by atoms with Gasteiger partial charge >= 0.3 is 11.7 Å². The first-order valence-corrected chi connectivity index (χ1v) is 18.4. The highest BCUT2D eigenvalue weighted by Gasteiger charge is 2.42. The standard InChI is InChI=1S/C40H38ClN9O4/c1-22-7-10-28-33(18-35(44-38(28)24(22)3)49-12-5-6-31(49)39-45-40(52)46-54-39)48-19-30(43-21-48)34-16-26(17-36(51)53-4)50(34)25-14-29-27(9-8-23(2)37(29)41)32(15-25)47-13-11-42-20-47/h7-11,13-15,18-21,26,31,34H,5-6,12,16-17H2,1-4H3,(H,46,52)/t26-,31-,34?/m0/s1. The molecule has 14 heteroatoms. The van der Waals surface area contributed by atoms with E-state index >= 15 is 0 Å². The van der Waals surface area contributed by atoms with Gasteiger partial charge in [0.1, 0.15) is 11.9 Å². The normalized spacial score (nSPS) is 18.5. The molecule has 0 amide bonds. The first kappa shape index (κ1) is 33.9. The molecule has 0 radical (unpaired) electrons. The van der Waals surface area contributed by atoms with Crippen molar-refractivity contribution >= 4 is 50.8 Å². The third-order valence-corrected chi connectivity index (χ3v) is 11.6. The minimum absolute atomic E-state index is 0.113. The Hall–Kier alpha value is -5.95. The molecule has 6 heterocycles. The van der Waals surface area contributed by atoms with Gasteiger partial charge < -0.3 is 28.2 Å². The van der Waals surface area contributed by atoms with Gasteiger partial charge in [0.15, 0.2) is 0 Å². The largest absolute Gasteiger partial charge is 0.469 e. The fourth-order valence-electron chi connectivity index (χ4n) is 8.13. The molecule has 2 aliphatic heterocycles. The van der Waals surface area contributed by atoms with Gasteiger partial charge in [0.2, 0.25) is 5.89 Å². The highest BCUT2D eigenvalue weighted by atomic mass is 35.5. The smallest absolute Gasteiger partial charge is 0.377 e. The molecule has 1 N–H and O–H groups in total. The lowest BCUT2D eigenvalue weighted by Crippen LogP contribution is -2.51. The number of nitrogens with zero attached hydrogens (tertiary/aromatic N) is 8. The number of aromatic amines is 1. The van der Waals surface area contributed by atoms with Gasteiger partial charge in [-0.3, -0.25) is 4.79 Å². The number of carbonyl (C=O) groups is 1. The summed E-state index contributed by atoms with van der Waals surface area (Å²) in [6.45, 7) is 6.92. The van der Waals surface area contributed by atoms with Crippen LogP contribution in [0.25, 0.3) is 33.1 Å². The van der Waals surface area contributed by atoms with Crippen LogP contribution in [0.15, 0.2) is 83.0 Å². The third-order valence-electron chi connectivity index (χ3n) is 11.1. The Kier molecular flexibility index (Phi) is 8.26. The number of aryl methyl sites for hydroxylation is 3. The maximum atomic E-state index is 12.7. The first-order chi connectivity index (χ1) is 26.2. The minimum atomic E-state index is -0.500. The molecule has 54 heavy (non-hydrogen) atoms. The van der Waals surface area contributed by atoms with E-state index in [1.165, 1.54) is 7.11 Å². The van der Waals surface area contributed by atoms with E-state index in [1.807, 2.05) is 30.1 Å². The average Bonchev–Trinajstić information content (AvgIpc) is 4.00. The SMILES string of the molecule is COC(=O)C[C@@H]1CC(c2cn(-c3cc(N4CCC[C@H]4c4nc(=O)[nH]o4)nc4c(C)c(C)ccc34)cn2)N1c1cc(-n2ccnc2)c2ccc(C)c(Cl)c2c1. The molecule has 1 unspecified atom stereocenters. The first-order valence-electron chi connectivity index (χ1n) is 18.0. The molecule has 2 saturated heterocycles. The number of fused-ring (bicyclic) bond motifs is 2. The Morgan fingerprint density at radius 2 is 1.80 bits per heavy atom. The number of imidazole rings is 2. The van der Waals surface area contributed by atoms with E-state index in [9.17, 15) is 9.59 Å². The number of nitrogens with one attached hydrogen (secondary N) is 1. The number of anilines is 2.